The number of furan rings is 1. The largest absolute Gasteiger partial charge is 0.464 e. The van der Waals surface area contributed by atoms with Crippen LogP contribution in [-0.2, 0) is 27.2 Å². The number of carbonyl (C=O) groups is 2. The van der Waals surface area contributed by atoms with Crippen molar-refractivity contribution in [2.75, 3.05) is 13.2 Å². The van der Waals surface area contributed by atoms with E-state index < -0.39 is 5.97 Å². The van der Waals surface area contributed by atoms with Gasteiger partial charge in [0.15, 0.2) is 6.61 Å². The highest BCUT2D eigenvalue weighted by atomic mass is 16.5. The zero-order chi connectivity index (χ0) is 19.2. The molecule has 0 aliphatic carbocycles. The molecule has 0 fully saturated rings. The molecule has 5 heteroatoms. The normalized spacial score (nSPS) is 10.7. The maximum Gasteiger partial charge on any atom is 0.310 e. The molecule has 2 aromatic carbocycles. The number of aryl methyl sites for hydroxylation is 2. The van der Waals surface area contributed by atoms with Crippen LogP contribution in [-0.4, -0.2) is 25.0 Å². The number of benzene rings is 2. The average molecular weight is 365 g/mol. The van der Waals surface area contributed by atoms with Crippen molar-refractivity contribution in [1.82, 2.24) is 5.32 Å². The first-order valence-corrected chi connectivity index (χ1v) is 8.96. The molecule has 3 rings (SSSR count). The molecule has 3 aromatic rings. The molecule has 0 radical (unpaired) electrons. The fourth-order valence-corrected chi connectivity index (χ4v) is 2.87. The van der Waals surface area contributed by atoms with E-state index in [1.165, 1.54) is 0 Å². The fraction of sp³-hybridized carbons (Fsp3) is 0.273. The van der Waals surface area contributed by atoms with Gasteiger partial charge in [-0.25, -0.2) is 0 Å². The molecule has 1 aromatic heterocycles. The van der Waals surface area contributed by atoms with Crippen LogP contribution in [0, 0.1) is 13.8 Å². The molecule has 1 heterocycles. The van der Waals surface area contributed by atoms with E-state index in [-0.39, 0.29) is 18.9 Å². The van der Waals surface area contributed by atoms with Crippen molar-refractivity contribution in [2.45, 2.75) is 26.7 Å². The molecule has 1 amide bonds. The van der Waals surface area contributed by atoms with Gasteiger partial charge in [-0.1, -0.05) is 30.3 Å². The van der Waals surface area contributed by atoms with E-state index in [9.17, 15) is 9.59 Å². The van der Waals surface area contributed by atoms with Gasteiger partial charge in [0.2, 0.25) is 0 Å². The topological polar surface area (TPSA) is 68.5 Å². The third kappa shape index (κ3) is 4.97. The van der Waals surface area contributed by atoms with Gasteiger partial charge in [0.1, 0.15) is 5.58 Å². The van der Waals surface area contributed by atoms with Crippen molar-refractivity contribution >= 4 is 22.8 Å². The van der Waals surface area contributed by atoms with Gasteiger partial charge in [0.05, 0.1) is 12.7 Å². The van der Waals surface area contributed by atoms with Crippen molar-refractivity contribution in [3.63, 3.8) is 0 Å². The summed E-state index contributed by atoms with van der Waals surface area (Å²) in [6.07, 6.45) is 2.39. The monoisotopic (exact) mass is 365 g/mol. The zero-order valence-electron chi connectivity index (χ0n) is 15.6. The second kappa shape index (κ2) is 8.54. The number of nitrogens with one attached hydrogen (secondary N) is 1. The Morgan fingerprint density at radius 1 is 1.07 bits per heavy atom. The van der Waals surface area contributed by atoms with Crippen LogP contribution in [0.1, 0.15) is 22.3 Å². The number of ether oxygens (including phenoxy) is 1. The number of hydrogen-bond donors (Lipinski definition) is 1. The van der Waals surface area contributed by atoms with E-state index in [4.69, 9.17) is 9.15 Å². The Kier molecular flexibility index (Phi) is 5.91. The zero-order valence-corrected chi connectivity index (χ0v) is 15.6. The number of carbonyl (C=O) groups excluding carboxylic acids is 2. The van der Waals surface area contributed by atoms with Crippen LogP contribution in [0.15, 0.2) is 53.1 Å². The highest BCUT2D eigenvalue weighted by Gasteiger charge is 2.14. The van der Waals surface area contributed by atoms with Crippen molar-refractivity contribution in [1.29, 1.82) is 0 Å². The fourth-order valence-electron chi connectivity index (χ4n) is 2.87. The predicted octanol–water partition coefficient (Wildman–Crippen LogP) is 3.49. The van der Waals surface area contributed by atoms with Gasteiger partial charge in [-0.3, -0.25) is 9.59 Å². The summed E-state index contributed by atoms with van der Waals surface area (Å²) in [6, 6.07) is 13.8. The summed E-state index contributed by atoms with van der Waals surface area (Å²) in [5.41, 5.74) is 4.93. The molecule has 1 N–H and O–H groups in total. The molecular formula is C22H23NO4. The minimum atomic E-state index is -0.450. The van der Waals surface area contributed by atoms with Gasteiger partial charge < -0.3 is 14.5 Å². The van der Waals surface area contributed by atoms with Crippen molar-refractivity contribution in [2.24, 2.45) is 0 Å². The minimum Gasteiger partial charge on any atom is -0.464 e. The second-order valence-electron chi connectivity index (χ2n) is 6.62. The van der Waals surface area contributed by atoms with Crippen LogP contribution in [0.3, 0.4) is 0 Å². The van der Waals surface area contributed by atoms with E-state index in [0.717, 1.165) is 39.6 Å². The number of amides is 1. The van der Waals surface area contributed by atoms with Crippen LogP contribution in [0.5, 0.6) is 0 Å². The van der Waals surface area contributed by atoms with E-state index in [2.05, 4.69) is 5.32 Å². The van der Waals surface area contributed by atoms with Gasteiger partial charge in [-0.2, -0.15) is 0 Å². The van der Waals surface area contributed by atoms with Gasteiger partial charge in [-0.15, -0.1) is 0 Å². The number of hydrogen-bond acceptors (Lipinski definition) is 4. The average Bonchev–Trinajstić information content (AvgIpc) is 3.03. The van der Waals surface area contributed by atoms with Crippen LogP contribution >= 0.6 is 0 Å². The molecular weight excluding hydrogens is 342 g/mol. The lowest BCUT2D eigenvalue weighted by molar-refractivity contribution is -0.147. The molecule has 0 spiro atoms. The Hall–Kier alpha value is -3.08. The molecule has 0 unspecified atom stereocenters. The first-order valence-electron chi connectivity index (χ1n) is 8.96. The first-order chi connectivity index (χ1) is 13.0. The first kappa shape index (κ1) is 18.7. The van der Waals surface area contributed by atoms with E-state index >= 15 is 0 Å². The summed E-state index contributed by atoms with van der Waals surface area (Å²) in [6.45, 7) is 4.26. The van der Waals surface area contributed by atoms with E-state index in [0.29, 0.717) is 6.54 Å². The minimum absolute atomic E-state index is 0.0762. The SMILES string of the molecule is Cc1cc2occ(CC(=O)OCC(=O)NCCc3ccccc3)c2cc1C. The van der Waals surface area contributed by atoms with Crippen LogP contribution in [0.25, 0.3) is 11.0 Å². The molecule has 5 nitrogen and oxygen atoms in total. The maximum atomic E-state index is 12.1. The smallest absolute Gasteiger partial charge is 0.310 e. The summed E-state index contributed by atoms with van der Waals surface area (Å²) in [7, 11) is 0. The summed E-state index contributed by atoms with van der Waals surface area (Å²) >= 11 is 0. The molecule has 0 bridgehead atoms. The number of rotatable bonds is 7. The molecule has 0 saturated carbocycles. The van der Waals surface area contributed by atoms with Crippen LogP contribution in [0.2, 0.25) is 0 Å². The van der Waals surface area contributed by atoms with Gasteiger partial charge in [0.25, 0.3) is 5.91 Å². The van der Waals surface area contributed by atoms with Gasteiger partial charge in [0, 0.05) is 17.5 Å². The quantitative estimate of drug-likeness (QED) is 0.651. The van der Waals surface area contributed by atoms with Crippen LogP contribution in [0.4, 0.5) is 0 Å². The number of esters is 1. The number of fused-ring (bicyclic) bond motifs is 1. The third-order valence-electron chi connectivity index (χ3n) is 4.55. The summed E-state index contributed by atoms with van der Waals surface area (Å²) in [4.78, 5) is 23.9. The van der Waals surface area contributed by atoms with Gasteiger partial charge >= 0.3 is 5.97 Å². The van der Waals surface area contributed by atoms with Crippen molar-refractivity contribution in [3.8, 4) is 0 Å². The molecule has 0 saturated heterocycles. The highest BCUT2D eigenvalue weighted by Crippen LogP contribution is 2.25. The predicted molar refractivity (Wildman–Crippen MR) is 104 cm³/mol. The Bertz CT molecular complexity index is 944. The van der Waals surface area contributed by atoms with E-state index in [1.54, 1.807) is 6.26 Å². The lowest BCUT2D eigenvalue weighted by Gasteiger charge is -2.07. The maximum absolute atomic E-state index is 12.1. The van der Waals surface area contributed by atoms with Crippen molar-refractivity contribution < 1.29 is 18.7 Å². The molecule has 27 heavy (non-hydrogen) atoms. The molecule has 0 atom stereocenters. The molecule has 0 aliphatic rings. The van der Waals surface area contributed by atoms with Crippen LogP contribution < -0.4 is 5.32 Å². The molecule has 140 valence electrons. The Morgan fingerprint density at radius 2 is 1.81 bits per heavy atom. The Morgan fingerprint density at radius 3 is 2.59 bits per heavy atom. The van der Waals surface area contributed by atoms with Gasteiger partial charge in [-0.05, 0) is 49.1 Å². The Balaban J connectivity index is 1.45. The summed E-state index contributed by atoms with van der Waals surface area (Å²) < 4.78 is 10.6. The summed E-state index contributed by atoms with van der Waals surface area (Å²) in [5, 5.41) is 3.66. The highest BCUT2D eigenvalue weighted by molar-refractivity contribution is 5.87. The summed E-state index contributed by atoms with van der Waals surface area (Å²) in [5.74, 6) is -0.753. The van der Waals surface area contributed by atoms with E-state index in [1.807, 2.05) is 56.3 Å². The lowest BCUT2D eigenvalue weighted by Crippen LogP contribution is -2.30. The lowest BCUT2D eigenvalue weighted by atomic mass is 10.0. The second-order valence-corrected chi connectivity index (χ2v) is 6.62. The molecule has 0 aliphatic heterocycles. The van der Waals surface area contributed by atoms with Crippen molar-refractivity contribution in [3.05, 3.63) is 71.0 Å². The Labute approximate surface area is 158 Å². The third-order valence-corrected chi connectivity index (χ3v) is 4.55. The standard InChI is InChI=1S/C22H23NO4/c1-15-10-19-18(13-26-20(19)11-16(15)2)12-22(25)27-14-21(24)23-9-8-17-6-4-3-5-7-17/h3-7,10-11,13H,8-9,12,14H2,1-2H3,(H,23,24).